The van der Waals surface area contributed by atoms with Gasteiger partial charge in [0.25, 0.3) is 11.8 Å². The van der Waals surface area contributed by atoms with Crippen LogP contribution in [-0.2, 0) is 0 Å². The molecule has 1 saturated heterocycles. The van der Waals surface area contributed by atoms with Gasteiger partial charge in [-0.2, -0.15) is 5.10 Å². The third kappa shape index (κ3) is 3.43. The number of carbonyl (C=O) groups is 2. The molecule has 138 valence electrons. The van der Waals surface area contributed by atoms with Gasteiger partial charge >= 0.3 is 0 Å². The first-order chi connectivity index (χ1) is 13.1. The molecule has 3 aromatic rings. The average Bonchev–Trinajstić information content (AvgIpc) is 3.12. The van der Waals surface area contributed by atoms with Gasteiger partial charge in [0, 0.05) is 30.1 Å². The first kappa shape index (κ1) is 17.3. The summed E-state index contributed by atoms with van der Waals surface area (Å²) in [6.45, 7) is 3.15. The minimum atomic E-state index is -0.0591. The molecule has 6 nitrogen and oxygen atoms in total. The maximum Gasteiger partial charge on any atom is 0.274 e. The smallest absolute Gasteiger partial charge is 0.274 e. The van der Waals surface area contributed by atoms with Gasteiger partial charge in [0.2, 0.25) is 0 Å². The predicted molar refractivity (Wildman–Crippen MR) is 104 cm³/mol. The van der Waals surface area contributed by atoms with E-state index in [1.807, 2.05) is 60.4 Å². The summed E-state index contributed by atoms with van der Waals surface area (Å²) in [4.78, 5) is 27.1. The summed E-state index contributed by atoms with van der Waals surface area (Å²) in [6, 6.07) is 15.3. The largest absolute Gasteiger partial charge is 0.349 e. The third-order valence-electron chi connectivity index (χ3n) is 5.18. The van der Waals surface area contributed by atoms with Crippen LogP contribution in [-0.4, -0.2) is 46.0 Å². The molecule has 0 unspecified atom stereocenters. The molecule has 1 aromatic heterocycles. The number of amides is 2. The Hall–Kier alpha value is -3.15. The van der Waals surface area contributed by atoms with Crippen molar-refractivity contribution in [2.75, 3.05) is 13.1 Å². The molecule has 0 bridgehead atoms. The lowest BCUT2D eigenvalue weighted by Crippen LogP contribution is -2.46. The second kappa shape index (κ2) is 7.23. The lowest BCUT2D eigenvalue weighted by molar-refractivity contribution is 0.0694. The topological polar surface area (TPSA) is 78.1 Å². The number of aromatic amines is 1. The number of likely N-dealkylation sites (tertiary alicyclic amines) is 1. The van der Waals surface area contributed by atoms with E-state index < -0.39 is 0 Å². The second-order valence-electron chi connectivity index (χ2n) is 6.97. The van der Waals surface area contributed by atoms with Gasteiger partial charge in [-0.15, -0.1) is 0 Å². The summed E-state index contributed by atoms with van der Waals surface area (Å²) >= 11 is 0. The number of hydrogen-bond acceptors (Lipinski definition) is 3. The zero-order valence-corrected chi connectivity index (χ0v) is 15.2. The molecule has 1 fully saturated rings. The molecule has 2 aromatic carbocycles. The molecular weight excluding hydrogens is 340 g/mol. The molecule has 4 rings (SSSR count). The van der Waals surface area contributed by atoms with Crippen molar-refractivity contribution in [1.29, 1.82) is 0 Å². The number of carbonyl (C=O) groups excluding carboxylic acids is 2. The van der Waals surface area contributed by atoms with Gasteiger partial charge in [-0.05, 0) is 37.5 Å². The maximum absolute atomic E-state index is 12.8. The second-order valence-corrected chi connectivity index (χ2v) is 6.97. The molecule has 0 saturated carbocycles. The van der Waals surface area contributed by atoms with Crippen molar-refractivity contribution >= 4 is 22.7 Å². The number of hydrogen-bond donors (Lipinski definition) is 2. The fraction of sp³-hybridized carbons (Fsp3) is 0.286. The Morgan fingerprint density at radius 3 is 2.56 bits per heavy atom. The van der Waals surface area contributed by atoms with Gasteiger partial charge in [0.15, 0.2) is 5.69 Å². The van der Waals surface area contributed by atoms with E-state index in [1.165, 1.54) is 0 Å². The Morgan fingerprint density at radius 1 is 1.07 bits per heavy atom. The molecule has 27 heavy (non-hydrogen) atoms. The summed E-state index contributed by atoms with van der Waals surface area (Å²) < 4.78 is 0. The molecule has 2 heterocycles. The van der Waals surface area contributed by atoms with Crippen molar-refractivity contribution in [2.24, 2.45) is 0 Å². The van der Waals surface area contributed by atoms with Crippen LogP contribution in [0.25, 0.3) is 10.9 Å². The SMILES string of the molecule is Cc1ccccc1C(=O)NC1CCN(C(=O)c2n[nH]c3ccccc23)CC1. The summed E-state index contributed by atoms with van der Waals surface area (Å²) in [5, 5.41) is 11.1. The van der Waals surface area contributed by atoms with E-state index in [9.17, 15) is 9.59 Å². The van der Waals surface area contributed by atoms with Crippen LogP contribution < -0.4 is 5.32 Å². The Kier molecular flexibility index (Phi) is 4.62. The Morgan fingerprint density at radius 2 is 1.78 bits per heavy atom. The Bertz CT molecular complexity index is 987. The Balaban J connectivity index is 1.38. The highest BCUT2D eigenvalue weighted by Gasteiger charge is 2.27. The molecular formula is C21H22N4O2. The predicted octanol–water partition coefficient (Wildman–Crippen LogP) is 2.91. The molecule has 2 N–H and O–H groups in total. The molecule has 0 spiro atoms. The molecule has 6 heteroatoms. The zero-order chi connectivity index (χ0) is 18.8. The fourth-order valence-corrected chi connectivity index (χ4v) is 3.59. The summed E-state index contributed by atoms with van der Waals surface area (Å²) in [5.41, 5.74) is 3.00. The van der Waals surface area contributed by atoms with E-state index in [-0.39, 0.29) is 17.9 Å². The van der Waals surface area contributed by atoms with Crippen LogP contribution in [0.5, 0.6) is 0 Å². The number of benzene rings is 2. The summed E-state index contributed by atoms with van der Waals surface area (Å²) in [5.74, 6) is -0.104. The quantitative estimate of drug-likeness (QED) is 0.752. The van der Waals surface area contributed by atoms with Crippen molar-refractivity contribution in [3.8, 4) is 0 Å². The van der Waals surface area contributed by atoms with Gasteiger partial charge in [-0.25, -0.2) is 0 Å². The lowest BCUT2D eigenvalue weighted by Gasteiger charge is -2.32. The highest BCUT2D eigenvalue weighted by Crippen LogP contribution is 2.20. The first-order valence-electron chi connectivity index (χ1n) is 9.22. The van der Waals surface area contributed by atoms with Gasteiger partial charge in [0.1, 0.15) is 0 Å². The van der Waals surface area contributed by atoms with Crippen LogP contribution in [0.1, 0.15) is 39.3 Å². The number of H-pyrrole nitrogens is 1. The van der Waals surface area contributed by atoms with Crippen LogP contribution in [0.4, 0.5) is 0 Å². The van der Waals surface area contributed by atoms with Crippen molar-refractivity contribution in [2.45, 2.75) is 25.8 Å². The van der Waals surface area contributed by atoms with E-state index in [1.54, 1.807) is 0 Å². The van der Waals surface area contributed by atoms with Crippen LogP contribution >= 0.6 is 0 Å². The number of para-hydroxylation sites is 1. The van der Waals surface area contributed by atoms with Crippen LogP contribution in [0.2, 0.25) is 0 Å². The Labute approximate surface area is 157 Å². The standard InChI is InChI=1S/C21H22N4O2/c1-14-6-2-3-7-16(14)20(26)22-15-10-12-25(13-11-15)21(27)19-17-8-4-5-9-18(17)23-24-19/h2-9,15H,10-13H2,1H3,(H,22,26)(H,23,24). The minimum absolute atomic E-state index is 0.0452. The highest BCUT2D eigenvalue weighted by atomic mass is 16.2. The van der Waals surface area contributed by atoms with Gasteiger partial charge in [-0.1, -0.05) is 36.4 Å². The summed E-state index contributed by atoms with van der Waals surface area (Å²) in [7, 11) is 0. The maximum atomic E-state index is 12.8. The molecule has 0 aliphatic carbocycles. The van der Waals surface area contributed by atoms with Gasteiger partial charge in [-0.3, -0.25) is 14.7 Å². The van der Waals surface area contributed by atoms with Crippen LogP contribution in [0.3, 0.4) is 0 Å². The fourth-order valence-electron chi connectivity index (χ4n) is 3.59. The lowest BCUT2D eigenvalue weighted by atomic mass is 10.0. The van der Waals surface area contributed by atoms with Crippen LogP contribution in [0.15, 0.2) is 48.5 Å². The minimum Gasteiger partial charge on any atom is -0.349 e. The van der Waals surface area contributed by atoms with Crippen molar-refractivity contribution in [1.82, 2.24) is 20.4 Å². The van der Waals surface area contributed by atoms with E-state index in [4.69, 9.17) is 0 Å². The van der Waals surface area contributed by atoms with Gasteiger partial charge in [0.05, 0.1) is 5.52 Å². The van der Waals surface area contributed by atoms with E-state index in [0.29, 0.717) is 24.3 Å². The number of nitrogens with one attached hydrogen (secondary N) is 2. The van der Waals surface area contributed by atoms with E-state index in [2.05, 4.69) is 15.5 Å². The van der Waals surface area contributed by atoms with Crippen molar-refractivity contribution in [3.63, 3.8) is 0 Å². The van der Waals surface area contributed by atoms with Gasteiger partial charge < -0.3 is 10.2 Å². The summed E-state index contributed by atoms with van der Waals surface area (Å²) in [6.07, 6.45) is 1.48. The molecule has 1 aliphatic heterocycles. The first-order valence-corrected chi connectivity index (χ1v) is 9.22. The third-order valence-corrected chi connectivity index (χ3v) is 5.18. The van der Waals surface area contributed by atoms with Crippen molar-refractivity contribution < 1.29 is 9.59 Å². The molecule has 0 atom stereocenters. The zero-order valence-electron chi connectivity index (χ0n) is 15.2. The molecule has 2 amide bonds. The van der Waals surface area contributed by atoms with Crippen molar-refractivity contribution in [3.05, 3.63) is 65.4 Å². The van der Waals surface area contributed by atoms with E-state index >= 15 is 0 Å². The van der Waals surface area contributed by atoms with Crippen LogP contribution in [0, 0.1) is 6.92 Å². The monoisotopic (exact) mass is 362 g/mol. The highest BCUT2D eigenvalue weighted by molar-refractivity contribution is 6.04. The number of aromatic nitrogens is 2. The normalized spacial score (nSPS) is 15.1. The number of fused-ring (bicyclic) bond motifs is 1. The average molecular weight is 362 g/mol. The number of rotatable bonds is 3. The van der Waals surface area contributed by atoms with E-state index in [0.717, 1.165) is 29.3 Å². The molecule has 1 aliphatic rings. The molecule has 0 radical (unpaired) electrons. The number of nitrogens with zero attached hydrogens (tertiary/aromatic N) is 2. The number of aryl methyl sites for hydroxylation is 1. The number of piperidine rings is 1.